The van der Waals surface area contributed by atoms with Gasteiger partial charge < -0.3 is 5.32 Å². The average Bonchev–Trinajstić information content (AvgIpc) is 2.18. The first-order chi connectivity index (χ1) is 7.77. The van der Waals surface area contributed by atoms with Gasteiger partial charge in [0.25, 0.3) is 0 Å². The third-order valence-corrected chi connectivity index (χ3v) is 4.85. The Morgan fingerprint density at radius 3 is 2.71 bits per heavy atom. The van der Waals surface area contributed by atoms with Crippen molar-refractivity contribution in [2.24, 2.45) is 5.41 Å². The fraction of sp³-hybridized carbons (Fsp3) is 0.818. The molecule has 0 aromatic heterocycles. The summed E-state index contributed by atoms with van der Waals surface area (Å²) in [4.78, 5) is 10.6. The predicted octanol–water partition coefficient (Wildman–Crippen LogP) is -0.0112. The summed E-state index contributed by atoms with van der Waals surface area (Å²) in [5.41, 5.74) is -0.0755. The minimum absolute atomic E-state index is 0.0394. The van der Waals surface area contributed by atoms with Crippen molar-refractivity contribution in [1.82, 2.24) is 14.3 Å². The zero-order valence-corrected chi connectivity index (χ0v) is 11.7. The van der Waals surface area contributed by atoms with Gasteiger partial charge in [-0.3, -0.25) is 4.79 Å². The summed E-state index contributed by atoms with van der Waals surface area (Å²) >= 11 is 0. The van der Waals surface area contributed by atoms with E-state index in [1.54, 1.807) is 0 Å². The number of carbonyl (C=O) groups is 1. The van der Waals surface area contributed by atoms with Crippen LogP contribution in [0.4, 0.5) is 0 Å². The summed E-state index contributed by atoms with van der Waals surface area (Å²) in [6, 6.07) is -0.0394. The number of nitrogens with zero attached hydrogens (tertiary/aromatic N) is 1. The highest BCUT2D eigenvalue weighted by atomic mass is 32.2. The summed E-state index contributed by atoms with van der Waals surface area (Å²) in [5, 5.41) is 2.80. The van der Waals surface area contributed by atoms with Crippen LogP contribution >= 0.6 is 0 Å². The predicted molar refractivity (Wildman–Crippen MR) is 71.9 cm³/mol. The summed E-state index contributed by atoms with van der Waals surface area (Å²) in [5.74, 6) is 3.73. The molecule has 1 unspecified atom stereocenters. The van der Waals surface area contributed by atoms with Crippen LogP contribution in [-0.2, 0) is 14.7 Å². The van der Waals surface area contributed by atoms with Crippen molar-refractivity contribution in [3.63, 3.8) is 0 Å². The Balaban J connectivity index is 2.76. The second-order valence-electron chi connectivity index (χ2n) is 5.48. The topological polar surface area (TPSA) is 61.4 Å². The van der Waals surface area contributed by atoms with Gasteiger partial charge in [0.05, 0.1) is 9.89 Å². The smallest absolute Gasteiger partial charge is 0.207 e. The van der Waals surface area contributed by atoms with Crippen LogP contribution in [0.25, 0.3) is 0 Å². The summed E-state index contributed by atoms with van der Waals surface area (Å²) in [7, 11) is -2.37. The summed E-state index contributed by atoms with van der Waals surface area (Å²) in [6.45, 7) is 8.20. The monoisotopic (exact) mass is 261 g/mol. The molecular formula is C11H23N3O2S. The maximum absolute atomic E-state index is 12.2. The molecule has 0 saturated carbocycles. The highest BCUT2D eigenvalue weighted by Crippen LogP contribution is 2.21. The maximum Gasteiger partial charge on any atom is 0.207 e. The number of carbonyl (C=O) groups excluding carboxylic acids is 1. The van der Waals surface area contributed by atoms with Crippen LogP contribution in [0.3, 0.4) is 0 Å². The molecule has 0 aliphatic carbocycles. The van der Waals surface area contributed by atoms with Crippen molar-refractivity contribution in [2.75, 3.05) is 19.6 Å². The minimum atomic E-state index is -2.37. The van der Waals surface area contributed by atoms with E-state index < -0.39 is 9.89 Å². The molecule has 1 rings (SSSR count). The number of nitrogens with one attached hydrogen (secondary N) is 2. The molecule has 1 aliphatic heterocycles. The van der Waals surface area contributed by atoms with Crippen LogP contribution in [0.15, 0.2) is 0 Å². The van der Waals surface area contributed by atoms with Crippen LogP contribution in [0.2, 0.25) is 0 Å². The van der Waals surface area contributed by atoms with Crippen LogP contribution in [-0.4, -0.2) is 46.5 Å². The molecule has 1 fully saturated rings. The van der Waals surface area contributed by atoms with Gasteiger partial charge in [0.2, 0.25) is 6.41 Å². The number of hydrogen-bond donors (Lipinski definition) is 2. The molecule has 0 bridgehead atoms. The molecule has 1 aliphatic rings. The molecule has 2 atom stereocenters. The third-order valence-electron chi connectivity index (χ3n) is 3.03. The number of rotatable bonds is 4. The quantitative estimate of drug-likeness (QED) is 0.552. The molecule has 0 radical (unpaired) electrons. The molecule has 0 aromatic carbocycles. The van der Waals surface area contributed by atoms with Gasteiger partial charge in [-0.1, -0.05) is 20.8 Å². The SMILES string of the molecule is C=S1(=O)NCCCN1C[C@@H](NC=O)C(C)(C)C. The Morgan fingerprint density at radius 1 is 1.59 bits per heavy atom. The van der Waals surface area contributed by atoms with Crippen LogP contribution in [0, 0.1) is 5.41 Å². The van der Waals surface area contributed by atoms with E-state index >= 15 is 0 Å². The van der Waals surface area contributed by atoms with Crippen molar-refractivity contribution < 1.29 is 9.00 Å². The summed E-state index contributed by atoms with van der Waals surface area (Å²) in [6.07, 6.45) is 1.66. The molecule has 5 nitrogen and oxygen atoms in total. The van der Waals surface area contributed by atoms with Crippen molar-refractivity contribution in [3.05, 3.63) is 0 Å². The van der Waals surface area contributed by atoms with Crippen molar-refractivity contribution >= 4 is 22.2 Å². The Bertz CT molecular complexity index is 359. The maximum atomic E-state index is 12.2. The number of hydrogen-bond acceptors (Lipinski definition) is 2. The van der Waals surface area contributed by atoms with Crippen molar-refractivity contribution in [3.8, 4) is 0 Å². The molecule has 17 heavy (non-hydrogen) atoms. The fourth-order valence-corrected chi connectivity index (χ4v) is 3.26. The lowest BCUT2D eigenvalue weighted by Crippen LogP contribution is -2.54. The van der Waals surface area contributed by atoms with Gasteiger partial charge in [-0.2, -0.15) is 0 Å². The van der Waals surface area contributed by atoms with Crippen LogP contribution in [0.1, 0.15) is 27.2 Å². The molecular weight excluding hydrogens is 238 g/mol. The standard InChI is InChI=1S/C11H23N3O2S/c1-11(2,3)10(12-9-15)8-14-7-5-6-13-17(14,4)16/h9-10H,4-8H2,1-3H3,(H,12,15)(H,13,16)/t10-,17?/m1/s1. The van der Waals surface area contributed by atoms with Crippen molar-refractivity contribution in [1.29, 1.82) is 0 Å². The third kappa shape index (κ3) is 3.97. The Labute approximate surface area is 104 Å². The lowest BCUT2D eigenvalue weighted by molar-refractivity contribution is -0.110. The zero-order chi connectivity index (χ0) is 13.1. The van der Waals surface area contributed by atoms with Gasteiger partial charge in [-0.05, 0) is 17.7 Å². The van der Waals surface area contributed by atoms with Gasteiger partial charge >= 0.3 is 0 Å². The lowest BCUT2D eigenvalue weighted by Gasteiger charge is -2.38. The van der Waals surface area contributed by atoms with E-state index in [4.69, 9.17) is 0 Å². The van der Waals surface area contributed by atoms with Crippen LogP contribution in [0.5, 0.6) is 0 Å². The van der Waals surface area contributed by atoms with Gasteiger partial charge in [-0.15, -0.1) is 0 Å². The molecule has 0 spiro atoms. The van der Waals surface area contributed by atoms with Gasteiger partial charge in [-0.25, -0.2) is 13.2 Å². The van der Waals surface area contributed by atoms with E-state index in [1.165, 1.54) is 0 Å². The minimum Gasteiger partial charge on any atom is -0.354 e. The van der Waals surface area contributed by atoms with E-state index in [2.05, 4.69) is 36.7 Å². The molecule has 1 saturated heterocycles. The Morgan fingerprint density at radius 2 is 2.24 bits per heavy atom. The van der Waals surface area contributed by atoms with E-state index in [-0.39, 0.29) is 11.5 Å². The lowest BCUT2D eigenvalue weighted by atomic mass is 9.87. The Hall–Kier alpha value is -0.590. The highest BCUT2D eigenvalue weighted by Gasteiger charge is 2.30. The van der Waals surface area contributed by atoms with Gasteiger partial charge in [0, 0.05) is 25.7 Å². The molecule has 100 valence electrons. The second-order valence-corrected chi connectivity index (χ2v) is 7.57. The largest absolute Gasteiger partial charge is 0.354 e. The molecule has 6 heteroatoms. The Kier molecular flexibility index (Phi) is 4.57. The average molecular weight is 261 g/mol. The van der Waals surface area contributed by atoms with Crippen LogP contribution < -0.4 is 10.0 Å². The first kappa shape index (κ1) is 14.5. The fourth-order valence-electron chi connectivity index (χ4n) is 1.80. The van der Waals surface area contributed by atoms with E-state index in [1.807, 2.05) is 4.31 Å². The molecule has 1 heterocycles. The summed E-state index contributed by atoms with van der Waals surface area (Å²) < 4.78 is 17.0. The first-order valence-electron chi connectivity index (χ1n) is 5.84. The van der Waals surface area contributed by atoms with E-state index in [9.17, 15) is 9.00 Å². The van der Waals surface area contributed by atoms with E-state index in [0.29, 0.717) is 13.0 Å². The van der Waals surface area contributed by atoms with Crippen molar-refractivity contribution in [2.45, 2.75) is 33.2 Å². The molecule has 2 N–H and O–H groups in total. The number of amides is 1. The molecule has 0 aromatic rings. The molecule has 1 amide bonds. The zero-order valence-electron chi connectivity index (χ0n) is 10.9. The van der Waals surface area contributed by atoms with E-state index in [0.717, 1.165) is 19.5 Å². The second kappa shape index (κ2) is 5.37. The van der Waals surface area contributed by atoms with Gasteiger partial charge in [0.15, 0.2) is 0 Å². The normalized spacial score (nSPS) is 28.6. The highest BCUT2D eigenvalue weighted by molar-refractivity contribution is 7.96. The first-order valence-corrected chi connectivity index (χ1v) is 7.52. The van der Waals surface area contributed by atoms with Gasteiger partial charge in [0.1, 0.15) is 0 Å².